The van der Waals surface area contributed by atoms with E-state index in [-0.39, 0.29) is 12.5 Å². The highest BCUT2D eigenvalue weighted by molar-refractivity contribution is 7.07. The van der Waals surface area contributed by atoms with E-state index in [1.54, 1.807) is 11.3 Å². The van der Waals surface area contributed by atoms with Gasteiger partial charge in [-0.25, -0.2) is 0 Å². The van der Waals surface area contributed by atoms with Gasteiger partial charge in [0.05, 0.1) is 0 Å². The van der Waals surface area contributed by atoms with Gasteiger partial charge in [-0.15, -0.1) is 0 Å². The van der Waals surface area contributed by atoms with Crippen molar-refractivity contribution >= 4 is 17.2 Å². The normalized spacial score (nSPS) is 14.9. The number of thiophene rings is 1. The van der Waals surface area contributed by atoms with Crippen molar-refractivity contribution in [2.45, 2.75) is 44.7 Å². The van der Waals surface area contributed by atoms with Gasteiger partial charge >= 0.3 is 0 Å². The minimum Gasteiger partial charge on any atom is -0.396 e. The van der Waals surface area contributed by atoms with E-state index in [0.29, 0.717) is 12.5 Å². The Morgan fingerprint density at radius 3 is 2.88 bits per heavy atom. The highest BCUT2D eigenvalue weighted by atomic mass is 32.1. The highest BCUT2D eigenvalue weighted by Crippen LogP contribution is 2.29. The molecule has 1 aliphatic rings. The first-order valence-corrected chi connectivity index (χ1v) is 7.17. The average Bonchev–Trinajstić information content (AvgIpc) is 3.03. The molecule has 3 nitrogen and oxygen atoms in total. The smallest absolute Gasteiger partial charge is 0.223 e. The third kappa shape index (κ3) is 3.82. The Hall–Kier alpha value is -0.870. The fraction of sp³-hybridized carbons (Fsp3) is 0.615. The summed E-state index contributed by atoms with van der Waals surface area (Å²) in [5.41, 5.74) is 1.23. The molecule has 0 unspecified atom stereocenters. The Labute approximate surface area is 106 Å². The molecule has 0 radical (unpaired) electrons. The van der Waals surface area contributed by atoms with Crippen LogP contribution in [0, 0.1) is 0 Å². The molecule has 1 N–H and O–H groups in total. The molecule has 1 heterocycles. The minimum absolute atomic E-state index is 0.182. The van der Waals surface area contributed by atoms with Crippen molar-refractivity contribution in [2.24, 2.45) is 0 Å². The standard InChI is InChI=1S/C13H19NO2S/c15-7-2-1-3-13(16)14(12-4-5-12)9-11-6-8-17-10-11/h6,8,10,12,15H,1-5,7,9H2. The third-order valence-electron chi connectivity index (χ3n) is 3.04. The van der Waals surface area contributed by atoms with Gasteiger partial charge in [0.2, 0.25) is 5.91 Å². The molecule has 1 fully saturated rings. The van der Waals surface area contributed by atoms with E-state index < -0.39 is 0 Å². The van der Waals surface area contributed by atoms with E-state index in [2.05, 4.69) is 16.8 Å². The molecule has 4 heteroatoms. The molecule has 0 spiro atoms. The van der Waals surface area contributed by atoms with Crippen LogP contribution in [-0.2, 0) is 11.3 Å². The van der Waals surface area contributed by atoms with Gasteiger partial charge in [-0.1, -0.05) is 0 Å². The minimum atomic E-state index is 0.182. The van der Waals surface area contributed by atoms with Gasteiger partial charge < -0.3 is 10.0 Å². The van der Waals surface area contributed by atoms with Gasteiger partial charge in [0.25, 0.3) is 0 Å². The van der Waals surface area contributed by atoms with Crippen molar-refractivity contribution < 1.29 is 9.90 Å². The summed E-state index contributed by atoms with van der Waals surface area (Å²) >= 11 is 1.68. The second kappa shape index (κ2) is 6.17. The zero-order chi connectivity index (χ0) is 12.1. The van der Waals surface area contributed by atoms with Crippen molar-refractivity contribution in [2.75, 3.05) is 6.61 Å². The summed E-state index contributed by atoms with van der Waals surface area (Å²) in [7, 11) is 0. The molecule has 1 saturated carbocycles. The number of aliphatic hydroxyl groups is 1. The molecule has 94 valence electrons. The first-order chi connectivity index (χ1) is 8.31. The number of carbonyl (C=O) groups excluding carboxylic acids is 1. The Kier molecular flexibility index (Phi) is 4.57. The largest absolute Gasteiger partial charge is 0.396 e. The van der Waals surface area contributed by atoms with Crippen LogP contribution in [0.2, 0.25) is 0 Å². The first kappa shape index (κ1) is 12.6. The number of hydrogen-bond acceptors (Lipinski definition) is 3. The van der Waals surface area contributed by atoms with Gasteiger partial charge in [0, 0.05) is 25.6 Å². The molecule has 2 rings (SSSR count). The maximum atomic E-state index is 12.1. The number of unbranched alkanes of at least 4 members (excludes halogenated alkanes) is 1. The Bertz CT molecular complexity index is 346. The molecular formula is C13H19NO2S. The van der Waals surface area contributed by atoms with Crippen LogP contribution in [0.5, 0.6) is 0 Å². The van der Waals surface area contributed by atoms with Crippen molar-refractivity contribution in [3.63, 3.8) is 0 Å². The number of nitrogens with zero attached hydrogens (tertiary/aromatic N) is 1. The number of amides is 1. The lowest BCUT2D eigenvalue weighted by Gasteiger charge is -2.22. The molecule has 17 heavy (non-hydrogen) atoms. The average molecular weight is 253 g/mol. The number of aliphatic hydroxyl groups excluding tert-OH is 1. The van der Waals surface area contributed by atoms with Gasteiger partial charge in [-0.3, -0.25) is 4.79 Å². The van der Waals surface area contributed by atoms with Crippen LogP contribution >= 0.6 is 11.3 Å². The van der Waals surface area contributed by atoms with Crippen LogP contribution in [0.15, 0.2) is 16.8 Å². The topological polar surface area (TPSA) is 40.5 Å². The van der Waals surface area contributed by atoms with E-state index >= 15 is 0 Å². The Morgan fingerprint density at radius 2 is 2.29 bits per heavy atom. The molecular weight excluding hydrogens is 234 g/mol. The predicted molar refractivity (Wildman–Crippen MR) is 68.8 cm³/mol. The van der Waals surface area contributed by atoms with Crippen molar-refractivity contribution in [1.29, 1.82) is 0 Å². The lowest BCUT2D eigenvalue weighted by molar-refractivity contribution is -0.132. The zero-order valence-corrected chi connectivity index (χ0v) is 10.8. The summed E-state index contributed by atoms with van der Waals surface area (Å²) in [6.07, 6.45) is 4.39. The van der Waals surface area contributed by atoms with Crippen LogP contribution in [0.4, 0.5) is 0 Å². The number of rotatable bonds is 7. The Balaban J connectivity index is 1.86. The Morgan fingerprint density at radius 1 is 1.47 bits per heavy atom. The quantitative estimate of drug-likeness (QED) is 0.758. The van der Waals surface area contributed by atoms with Gasteiger partial charge in [0.15, 0.2) is 0 Å². The van der Waals surface area contributed by atoms with E-state index in [4.69, 9.17) is 5.11 Å². The van der Waals surface area contributed by atoms with E-state index in [9.17, 15) is 4.79 Å². The summed E-state index contributed by atoms with van der Waals surface area (Å²) < 4.78 is 0. The van der Waals surface area contributed by atoms with Gasteiger partial charge in [-0.05, 0) is 48.1 Å². The molecule has 0 aromatic carbocycles. The van der Waals surface area contributed by atoms with Crippen molar-refractivity contribution in [3.05, 3.63) is 22.4 Å². The molecule has 1 aliphatic carbocycles. The van der Waals surface area contributed by atoms with E-state index in [1.165, 1.54) is 5.56 Å². The summed E-state index contributed by atoms with van der Waals surface area (Å²) in [6.45, 7) is 0.938. The summed E-state index contributed by atoms with van der Waals surface area (Å²) in [5.74, 6) is 0.243. The van der Waals surface area contributed by atoms with Crippen molar-refractivity contribution in [3.8, 4) is 0 Å². The van der Waals surface area contributed by atoms with Crippen LogP contribution in [0.1, 0.15) is 37.7 Å². The van der Waals surface area contributed by atoms with E-state index in [1.807, 2.05) is 4.90 Å². The SMILES string of the molecule is O=C(CCCCO)N(Cc1ccsc1)C1CC1. The molecule has 0 saturated heterocycles. The third-order valence-corrected chi connectivity index (χ3v) is 3.77. The molecule has 1 amide bonds. The second-order valence-electron chi connectivity index (χ2n) is 4.57. The highest BCUT2D eigenvalue weighted by Gasteiger charge is 2.32. The van der Waals surface area contributed by atoms with Crippen LogP contribution < -0.4 is 0 Å². The maximum absolute atomic E-state index is 12.1. The lowest BCUT2D eigenvalue weighted by atomic mass is 10.2. The van der Waals surface area contributed by atoms with Gasteiger partial charge in [-0.2, -0.15) is 11.3 Å². The molecule has 0 bridgehead atoms. The van der Waals surface area contributed by atoms with E-state index in [0.717, 1.165) is 32.2 Å². The van der Waals surface area contributed by atoms with Gasteiger partial charge in [0.1, 0.15) is 0 Å². The monoisotopic (exact) mass is 253 g/mol. The molecule has 0 atom stereocenters. The zero-order valence-electron chi connectivity index (χ0n) is 9.97. The van der Waals surface area contributed by atoms with Crippen LogP contribution in [0.3, 0.4) is 0 Å². The van der Waals surface area contributed by atoms with Crippen LogP contribution in [-0.4, -0.2) is 28.6 Å². The maximum Gasteiger partial charge on any atom is 0.223 e. The fourth-order valence-electron chi connectivity index (χ4n) is 1.92. The summed E-state index contributed by atoms with van der Waals surface area (Å²) in [6, 6.07) is 2.55. The second-order valence-corrected chi connectivity index (χ2v) is 5.35. The number of carbonyl (C=O) groups is 1. The molecule has 0 aliphatic heterocycles. The summed E-state index contributed by atoms with van der Waals surface area (Å²) in [4.78, 5) is 14.1. The number of hydrogen-bond donors (Lipinski definition) is 1. The van der Waals surface area contributed by atoms with Crippen molar-refractivity contribution in [1.82, 2.24) is 4.90 Å². The first-order valence-electron chi connectivity index (χ1n) is 6.22. The molecule has 1 aromatic heterocycles. The lowest BCUT2D eigenvalue weighted by Crippen LogP contribution is -2.32. The summed E-state index contributed by atoms with van der Waals surface area (Å²) in [5, 5.41) is 12.9. The van der Waals surface area contributed by atoms with Crippen LogP contribution in [0.25, 0.3) is 0 Å². The fourth-order valence-corrected chi connectivity index (χ4v) is 2.58. The predicted octanol–water partition coefficient (Wildman–Crippen LogP) is 2.40. The molecule has 1 aromatic rings.